The van der Waals surface area contributed by atoms with Crippen LogP contribution in [0.1, 0.15) is 12.0 Å². The lowest BCUT2D eigenvalue weighted by Gasteiger charge is -2.30. The number of rotatable bonds is 3. The van der Waals surface area contributed by atoms with E-state index in [9.17, 15) is 4.79 Å². The zero-order valence-corrected chi connectivity index (χ0v) is 10.8. The Balaban J connectivity index is 1.91. The Bertz CT molecular complexity index is 402. The average molecular weight is 284 g/mol. The largest absolute Gasteiger partial charge is 0.483 e. The zero-order valence-electron chi connectivity index (χ0n) is 9.20. The summed E-state index contributed by atoms with van der Waals surface area (Å²) in [6.45, 7) is 3.86. The summed E-state index contributed by atoms with van der Waals surface area (Å²) in [5, 5.41) is 0. The molecule has 0 bridgehead atoms. The number of carbonyl (C=O) groups excluding carboxylic acids is 1. The number of ether oxygens (including phenoxy) is 1. The molecule has 0 unspecified atom stereocenters. The van der Waals surface area contributed by atoms with Gasteiger partial charge in [0.1, 0.15) is 5.75 Å². The number of likely N-dealkylation sites (tertiary alicyclic amines) is 1. The van der Waals surface area contributed by atoms with Crippen molar-refractivity contribution >= 4 is 21.8 Å². The first-order valence-corrected chi connectivity index (χ1v) is 6.13. The molecule has 0 aliphatic carbocycles. The third kappa shape index (κ3) is 2.55. The topological polar surface area (TPSA) is 29.5 Å². The van der Waals surface area contributed by atoms with Gasteiger partial charge in [0.25, 0.3) is 5.91 Å². The molecular formula is C12H14BrNO2. The number of hydrogen-bond donors (Lipinski definition) is 0. The Kier molecular flexibility index (Phi) is 3.49. The molecule has 86 valence electrons. The first-order valence-electron chi connectivity index (χ1n) is 5.33. The van der Waals surface area contributed by atoms with Crippen LogP contribution in [-0.4, -0.2) is 30.5 Å². The van der Waals surface area contributed by atoms with E-state index in [-0.39, 0.29) is 12.5 Å². The minimum absolute atomic E-state index is 0.0774. The minimum Gasteiger partial charge on any atom is -0.483 e. The average Bonchev–Trinajstić information content (AvgIpc) is 2.13. The van der Waals surface area contributed by atoms with Crippen LogP contribution in [0.15, 0.2) is 22.7 Å². The Morgan fingerprint density at radius 1 is 1.50 bits per heavy atom. The number of carbonyl (C=O) groups is 1. The van der Waals surface area contributed by atoms with Gasteiger partial charge in [0.2, 0.25) is 0 Å². The van der Waals surface area contributed by atoms with Gasteiger partial charge in [-0.1, -0.05) is 15.9 Å². The summed E-state index contributed by atoms with van der Waals surface area (Å²) < 4.78 is 6.52. The third-order valence-electron chi connectivity index (χ3n) is 2.70. The molecular weight excluding hydrogens is 270 g/mol. The first kappa shape index (κ1) is 11.5. The molecule has 0 atom stereocenters. The second kappa shape index (κ2) is 4.87. The SMILES string of the molecule is Cc1cc(Br)ccc1OCC(=O)N1CCC1. The van der Waals surface area contributed by atoms with E-state index in [0.29, 0.717) is 0 Å². The van der Waals surface area contributed by atoms with Crippen molar-refractivity contribution in [2.75, 3.05) is 19.7 Å². The Morgan fingerprint density at radius 3 is 2.81 bits per heavy atom. The van der Waals surface area contributed by atoms with Crippen molar-refractivity contribution in [3.8, 4) is 5.75 Å². The highest BCUT2D eigenvalue weighted by Gasteiger charge is 2.20. The highest BCUT2D eigenvalue weighted by Crippen LogP contribution is 2.22. The molecule has 1 aromatic carbocycles. The second-order valence-corrected chi connectivity index (χ2v) is 4.85. The lowest BCUT2D eigenvalue weighted by Crippen LogP contribution is -2.44. The van der Waals surface area contributed by atoms with E-state index in [1.807, 2.05) is 30.0 Å². The van der Waals surface area contributed by atoms with Crippen molar-refractivity contribution in [3.63, 3.8) is 0 Å². The highest BCUT2D eigenvalue weighted by molar-refractivity contribution is 9.10. The summed E-state index contributed by atoms with van der Waals surface area (Å²) in [4.78, 5) is 13.4. The van der Waals surface area contributed by atoms with Gasteiger partial charge in [0.15, 0.2) is 6.61 Å². The maximum absolute atomic E-state index is 11.6. The number of nitrogens with zero attached hydrogens (tertiary/aromatic N) is 1. The molecule has 16 heavy (non-hydrogen) atoms. The lowest BCUT2D eigenvalue weighted by molar-refractivity contribution is -0.136. The van der Waals surface area contributed by atoms with Crippen LogP contribution >= 0.6 is 15.9 Å². The van der Waals surface area contributed by atoms with Crippen LogP contribution in [0.4, 0.5) is 0 Å². The van der Waals surface area contributed by atoms with Gasteiger partial charge in [-0.15, -0.1) is 0 Å². The van der Waals surface area contributed by atoms with Crippen LogP contribution in [0.25, 0.3) is 0 Å². The number of aryl methyl sites for hydroxylation is 1. The molecule has 0 aromatic heterocycles. The molecule has 1 aromatic rings. The van der Waals surface area contributed by atoms with E-state index < -0.39 is 0 Å². The van der Waals surface area contributed by atoms with Gasteiger partial charge in [-0.3, -0.25) is 4.79 Å². The number of halogens is 1. The minimum atomic E-state index is 0.0774. The fourth-order valence-corrected chi connectivity index (χ4v) is 2.05. The summed E-state index contributed by atoms with van der Waals surface area (Å²) in [5.74, 6) is 0.852. The monoisotopic (exact) mass is 283 g/mol. The maximum Gasteiger partial charge on any atom is 0.260 e. The lowest BCUT2D eigenvalue weighted by atomic mass is 10.2. The van der Waals surface area contributed by atoms with Gasteiger partial charge < -0.3 is 9.64 Å². The van der Waals surface area contributed by atoms with Gasteiger partial charge in [-0.2, -0.15) is 0 Å². The van der Waals surface area contributed by atoms with E-state index >= 15 is 0 Å². The van der Waals surface area contributed by atoms with Gasteiger partial charge in [0, 0.05) is 17.6 Å². The molecule has 3 nitrogen and oxygen atoms in total. The first-order chi connectivity index (χ1) is 7.66. The quantitative estimate of drug-likeness (QED) is 0.852. The van der Waals surface area contributed by atoms with E-state index in [2.05, 4.69) is 15.9 Å². The molecule has 1 aliphatic heterocycles. The Morgan fingerprint density at radius 2 is 2.25 bits per heavy atom. The van der Waals surface area contributed by atoms with E-state index in [4.69, 9.17) is 4.74 Å². The molecule has 0 radical (unpaired) electrons. The molecule has 1 aliphatic rings. The standard InChI is InChI=1S/C12H14BrNO2/c1-9-7-10(13)3-4-11(9)16-8-12(15)14-5-2-6-14/h3-4,7H,2,5-6,8H2,1H3. The summed E-state index contributed by atoms with van der Waals surface area (Å²) >= 11 is 3.39. The summed E-state index contributed by atoms with van der Waals surface area (Å²) in [7, 11) is 0. The maximum atomic E-state index is 11.6. The van der Waals surface area contributed by atoms with Crippen molar-refractivity contribution < 1.29 is 9.53 Å². The van der Waals surface area contributed by atoms with Crippen molar-refractivity contribution in [3.05, 3.63) is 28.2 Å². The number of hydrogen-bond acceptors (Lipinski definition) is 2. The fourth-order valence-electron chi connectivity index (χ4n) is 1.57. The second-order valence-electron chi connectivity index (χ2n) is 3.93. The number of amides is 1. The van der Waals surface area contributed by atoms with E-state index in [0.717, 1.165) is 35.3 Å². The third-order valence-corrected chi connectivity index (χ3v) is 3.19. The molecule has 0 saturated carbocycles. The predicted molar refractivity (Wildman–Crippen MR) is 65.6 cm³/mol. The van der Waals surface area contributed by atoms with Crippen LogP contribution in [0.5, 0.6) is 5.75 Å². The van der Waals surface area contributed by atoms with Crippen LogP contribution in [0.2, 0.25) is 0 Å². The van der Waals surface area contributed by atoms with Crippen LogP contribution in [0.3, 0.4) is 0 Å². The van der Waals surface area contributed by atoms with E-state index in [1.165, 1.54) is 0 Å². The van der Waals surface area contributed by atoms with Gasteiger partial charge in [-0.05, 0) is 37.1 Å². The van der Waals surface area contributed by atoms with Crippen LogP contribution in [-0.2, 0) is 4.79 Å². The Labute approximate surface area is 104 Å². The summed E-state index contributed by atoms with van der Waals surface area (Å²) in [6, 6.07) is 5.77. The van der Waals surface area contributed by atoms with Gasteiger partial charge in [-0.25, -0.2) is 0 Å². The zero-order chi connectivity index (χ0) is 11.5. The molecule has 1 fully saturated rings. The van der Waals surface area contributed by atoms with Gasteiger partial charge >= 0.3 is 0 Å². The molecule has 4 heteroatoms. The molecule has 2 rings (SSSR count). The molecule has 1 saturated heterocycles. The van der Waals surface area contributed by atoms with Crippen molar-refractivity contribution in [1.29, 1.82) is 0 Å². The molecule has 1 heterocycles. The van der Waals surface area contributed by atoms with Crippen LogP contribution in [0, 0.1) is 6.92 Å². The van der Waals surface area contributed by atoms with Crippen molar-refractivity contribution in [2.24, 2.45) is 0 Å². The van der Waals surface area contributed by atoms with Crippen LogP contribution < -0.4 is 4.74 Å². The van der Waals surface area contributed by atoms with E-state index in [1.54, 1.807) is 0 Å². The van der Waals surface area contributed by atoms with Crippen molar-refractivity contribution in [1.82, 2.24) is 4.90 Å². The summed E-state index contributed by atoms with van der Waals surface area (Å²) in [5.41, 5.74) is 1.03. The fraction of sp³-hybridized carbons (Fsp3) is 0.417. The Hall–Kier alpha value is -1.03. The molecule has 0 spiro atoms. The normalized spacial score (nSPS) is 14.5. The van der Waals surface area contributed by atoms with Crippen molar-refractivity contribution in [2.45, 2.75) is 13.3 Å². The predicted octanol–water partition coefficient (Wildman–Crippen LogP) is 2.37. The molecule has 1 amide bonds. The highest BCUT2D eigenvalue weighted by atomic mass is 79.9. The van der Waals surface area contributed by atoms with Gasteiger partial charge in [0.05, 0.1) is 0 Å². The smallest absolute Gasteiger partial charge is 0.260 e. The summed E-state index contributed by atoms with van der Waals surface area (Å²) in [6.07, 6.45) is 1.11. The number of benzene rings is 1. The molecule has 0 N–H and O–H groups in total.